The summed E-state index contributed by atoms with van der Waals surface area (Å²) in [6.45, 7) is 3.86. The first-order valence-corrected chi connectivity index (χ1v) is 6.57. The van der Waals surface area contributed by atoms with Crippen LogP contribution in [0.5, 0.6) is 0 Å². The van der Waals surface area contributed by atoms with Gasteiger partial charge < -0.3 is 10.4 Å². The van der Waals surface area contributed by atoms with Gasteiger partial charge in [-0.3, -0.25) is 0 Å². The van der Waals surface area contributed by atoms with E-state index in [-0.39, 0.29) is 11.6 Å². The number of anilines is 1. The number of hydrogen-bond donors (Lipinski definition) is 2. The summed E-state index contributed by atoms with van der Waals surface area (Å²) in [5, 5.41) is 12.4. The molecule has 0 fully saturated rings. The van der Waals surface area contributed by atoms with Crippen LogP contribution in [0, 0.1) is 6.92 Å². The average Bonchev–Trinajstić information content (AvgIpc) is 2.39. The number of rotatable bonds is 5. The first-order chi connectivity index (χ1) is 9.56. The van der Waals surface area contributed by atoms with Crippen molar-refractivity contribution in [1.29, 1.82) is 0 Å². The van der Waals surface area contributed by atoms with Crippen molar-refractivity contribution >= 4 is 11.8 Å². The Hall–Kier alpha value is -2.36. The SMILES string of the molecule is Cc1ccc(C(=O)O)c(NC(C)Cc2ccccc2)n1. The zero-order valence-electron chi connectivity index (χ0n) is 11.6. The molecule has 1 unspecified atom stereocenters. The number of nitrogens with zero attached hydrogens (tertiary/aromatic N) is 1. The van der Waals surface area contributed by atoms with Gasteiger partial charge in [-0.25, -0.2) is 9.78 Å². The third-order valence-corrected chi connectivity index (χ3v) is 3.03. The predicted molar refractivity (Wildman–Crippen MR) is 79.2 cm³/mol. The van der Waals surface area contributed by atoms with Gasteiger partial charge in [-0.05, 0) is 38.0 Å². The third kappa shape index (κ3) is 3.57. The van der Waals surface area contributed by atoms with Gasteiger partial charge in [-0.1, -0.05) is 30.3 Å². The molecule has 20 heavy (non-hydrogen) atoms. The van der Waals surface area contributed by atoms with E-state index in [1.165, 1.54) is 5.56 Å². The number of pyridine rings is 1. The van der Waals surface area contributed by atoms with Gasteiger partial charge in [0, 0.05) is 11.7 Å². The van der Waals surface area contributed by atoms with Crippen LogP contribution in [0.25, 0.3) is 0 Å². The van der Waals surface area contributed by atoms with Crippen molar-refractivity contribution in [2.24, 2.45) is 0 Å². The molecule has 1 aromatic carbocycles. The Balaban J connectivity index is 2.13. The van der Waals surface area contributed by atoms with Gasteiger partial charge in [-0.15, -0.1) is 0 Å². The molecule has 0 saturated carbocycles. The van der Waals surface area contributed by atoms with E-state index < -0.39 is 5.97 Å². The quantitative estimate of drug-likeness (QED) is 0.876. The van der Waals surface area contributed by atoms with Gasteiger partial charge >= 0.3 is 5.97 Å². The van der Waals surface area contributed by atoms with Gasteiger partial charge in [0.15, 0.2) is 0 Å². The standard InChI is InChI=1S/C16H18N2O2/c1-11-8-9-14(16(19)20)15(17-11)18-12(2)10-13-6-4-3-5-7-13/h3-9,12H,10H2,1-2H3,(H,17,18)(H,19,20). The van der Waals surface area contributed by atoms with E-state index in [2.05, 4.69) is 22.4 Å². The molecule has 0 radical (unpaired) electrons. The predicted octanol–water partition coefficient (Wildman–Crippen LogP) is 3.13. The van der Waals surface area contributed by atoms with E-state index in [4.69, 9.17) is 0 Å². The first-order valence-electron chi connectivity index (χ1n) is 6.57. The van der Waals surface area contributed by atoms with Crippen LogP contribution in [0.4, 0.5) is 5.82 Å². The van der Waals surface area contributed by atoms with E-state index in [0.717, 1.165) is 12.1 Å². The topological polar surface area (TPSA) is 62.2 Å². The molecule has 0 amide bonds. The summed E-state index contributed by atoms with van der Waals surface area (Å²) in [6, 6.07) is 13.5. The second-order valence-corrected chi connectivity index (χ2v) is 4.89. The summed E-state index contributed by atoms with van der Waals surface area (Å²) < 4.78 is 0. The van der Waals surface area contributed by atoms with Crippen molar-refractivity contribution in [3.05, 3.63) is 59.3 Å². The van der Waals surface area contributed by atoms with Crippen LogP contribution in [0.2, 0.25) is 0 Å². The number of hydrogen-bond acceptors (Lipinski definition) is 3. The number of nitrogens with one attached hydrogen (secondary N) is 1. The van der Waals surface area contributed by atoms with Crippen LogP contribution >= 0.6 is 0 Å². The molecule has 0 aliphatic heterocycles. The zero-order chi connectivity index (χ0) is 14.5. The van der Waals surface area contributed by atoms with Crippen LogP contribution in [-0.2, 0) is 6.42 Å². The Morgan fingerprint density at radius 3 is 2.60 bits per heavy atom. The van der Waals surface area contributed by atoms with Crippen LogP contribution in [0.3, 0.4) is 0 Å². The lowest BCUT2D eigenvalue weighted by atomic mass is 10.1. The van der Waals surface area contributed by atoms with Crippen molar-refractivity contribution < 1.29 is 9.90 Å². The lowest BCUT2D eigenvalue weighted by molar-refractivity contribution is 0.0697. The molecular weight excluding hydrogens is 252 g/mol. The van der Waals surface area contributed by atoms with E-state index in [1.54, 1.807) is 12.1 Å². The number of benzene rings is 1. The fraction of sp³-hybridized carbons (Fsp3) is 0.250. The van der Waals surface area contributed by atoms with Crippen LogP contribution in [-0.4, -0.2) is 22.1 Å². The highest BCUT2D eigenvalue weighted by atomic mass is 16.4. The van der Waals surface area contributed by atoms with Gasteiger partial charge in [0.1, 0.15) is 11.4 Å². The van der Waals surface area contributed by atoms with E-state index in [9.17, 15) is 9.90 Å². The van der Waals surface area contributed by atoms with Crippen LogP contribution in [0.1, 0.15) is 28.5 Å². The van der Waals surface area contributed by atoms with Gasteiger partial charge in [-0.2, -0.15) is 0 Å². The molecule has 2 N–H and O–H groups in total. The highest BCUT2D eigenvalue weighted by Gasteiger charge is 2.13. The van der Waals surface area contributed by atoms with Crippen molar-refractivity contribution in [3.8, 4) is 0 Å². The number of aryl methyl sites for hydroxylation is 1. The summed E-state index contributed by atoms with van der Waals surface area (Å²) in [7, 11) is 0. The molecule has 1 aromatic heterocycles. The Labute approximate surface area is 118 Å². The fourth-order valence-electron chi connectivity index (χ4n) is 2.09. The first kappa shape index (κ1) is 14.1. The summed E-state index contributed by atoms with van der Waals surface area (Å²) in [4.78, 5) is 15.5. The summed E-state index contributed by atoms with van der Waals surface area (Å²) >= 11 is 0. The molecule has 4 heteroatoms. The summed E-state index contributed by atoms with van der Waals surface area (Å²) in [5.41, 5.74) is 2.21. The number of carboxylic acid groups (broad SMARTS) is 1. The van der Waals surface area contributed by atoms with Crippen molar-refractivity contribution in [1.82, 2.24) is 4.98 Å². The maximum atomic E-state index is 11.2. The molecule has 2 aromatic rings. The smallest absolute Gasteiger partial charge is 0.339 e. The molecular formula is C16H18N2O2. The normalized spacial score (nSPS) is 11.9. The second kappa shape index (κ2) is 6.19. The fourth-order valence-corrected chi connectivity index (χ4v) is 2.09. The molecule has 2 rings (SSSR count). The molecule has 0 saturated heterocycles. The zero-order valence-corrected chi connectivity index (χ0v) is 11.6. The minimum absolute atomic E-state index is 0.102. The molecule has 4 nitrogen and oxygen atoms in total. The lowest BCUT2D eigenvalue weighted by Gasteiger charge is -2.16. The maximum absolute atomic E-state index is 11.2. The molecule has 1 atom stereocenters. The molecule has 1 heterocycles. The largest absolute Gasteiger partial charge is 0.478 e. The van der Waals surface area contributed by atoms with Gasteiger partial charge in [0.2, 0.25) is 0 Å². The number of carboxylic acids is 1. The van der Waals surface area contributed by atoms with Crippen LogP contribution in [0.15, 0.2) is 42.5 Å². The highest BCUT2D eigenvalue weighted by molar-refractivity contribution is 5.93. The van der Waals surface area contributed by atoms with E-state index >= 15 is 0 Å². The lowest BCUT2D eigenvalue weighted by Crippen LogP contribution is -2.21. The van der Waals surface area contributed by atoms with E-state index in [0.29, 0.717) is 5.82 Å². The Kier molecular flexibility index (Phi) is 4.35. The maximum Gasteiger partial charge on any atom is 0.339 e. The molecule has 0 bridgehead atoms. The minimum Gasteiger partial charge on any atom is -0.478 e. The Morgan fingerprint density at radius 1 is 1.25 bits per heavy atom. The van der Waals surface area contributed by atoms with Gasteiger partial charge in [0.05, 0.1) is 0 Å². The molecule has 104 valence electrons. The second-order valence-electron chi connectivity index (χ2n) is 4.89. The number of aromatic carboxylic acids is 1. The Bertz CT molecular complexity index is 597. The number of aromatic nitrogens is 1. The minimum atomic E-state index is -0.966. The van der Waals surface area contributed by atoms with Crippen molar-refractivity contribution in [3.63, 3.8) is 0 Å². The summed E-state index contributed by atoms with van der Waals surface area (Å²) in [6.07, 6.45) is 0.815. The number of carbonyl (C=O) groups is 1. The van der Waals surface area contributed by atoms with Crippen molar-refractivity contribution in [2.45, 2.75) is 26.3 Å². The van der Waals surface area contributed by atoms with Crippen molar-refractivity contribution in [2.75, 3.05) is 5.32 Å². The molecule has 0 aliphatic carbocycles. The monoisotopic (exact) mass is 270 g/mol. The summed E-state index contributed by atoms with van der Waals surface area (Å²) in [5.74, 6) is -0.534. The Morgan fingerprint density at radius 2 is 1.95 bits per heavy atom. The third-order valence-electron chi connectivity index (χ3n) is 3.03. The van der Waals surface area contributed by atoms with Crippen LogP contribution < -0.4 is 5.32 Å². The van der Waals surface area contributed by atoms with Gasteiger partial charge in [0.25, 0.3) is 0 Å². The highest BCUT2D eigenvalue weighted by Crippen LogP contribution is 2.16. The average molecular weight is 270 g/mol. The van der Waals surface area contributed by atoms with E-state index in [1.807, 2.05) is 32.0 Å². The molecule has 0 aliphatic rings. The molecule has 0 spiro atoms.